The lowest BCUT2D eigenvalue weighted by molar-refractivity contribution is 0.350. The average Bonchev–Trinajstić information content (AvgIpc) is 2.35. The first-order valence-electron chi connectivity index (χ1n) is 6.03. The molecule has 0 fully saturated rings. The van der Waals surface area contributed by atoms with Gasteiger partial charge in [0.15, 0.2) is 0 Å². The van der Waals surface area contributed by atoms with Gasteiger partial charge in [0.25, 0.3) is 0 Å². The molecule has 0 spiro atoms. The van der Waals surface area contributed by atoms with E-state index in [2.05, 4.69) is 24.9 Å². The molecule has 0 unspecified atom stereocenters. The number of rotatable bonds is 6. The summed E-state index contributed by atoms with van der Waals surface area (Å²) in [5.74, 6) is 1.84. The standard InChI is InChI=1S/C14H23NO2/c1-6-15(3)10-9-12-7-8-13(16-4)11(2)14(12)17-5/h7-8H,6,9-10H2,1-5H3. The third-order valence-corrected chi connectivity index (χ3v) is 3.16. The summed E-state index contributed by atoms with van der Waals surface area (Å²) in [5.41, 5.74) is 2.32. The van der Waals surface area contributed by atoms with Gasteiger partial charge in [-0.1, -0.05) is 13.0 Å². The number of methoxy groups -OCH3 is 2. The Morgan fingerprint density at radius 1 is 1.18 bits per heavy atom. The van der Waals surface area contributed by atoms with Gasteiger partial charge >= 0.3 is 0 Å². The second-order valence-electron chi connectivity index (χ2n) is 4.23. The Hall–Kier alpha value is -1.22. The van der Waals surface area contributed by atoms with Crippen LogP contribution in [0.25, 0.3) is 0 Å². The molecule has 1 aromatic carbocycles. The van der Waals surface area contributed by atoms with Crippen molar-refractivity contribution in [3.63, 3.8) is 0 Å². The zero-order valence-electron chi connectivity index (χ0n) is 11.5. The van der Waals surface area contributed by atoms with E-state index in [1.807, 2.05) is 13.0 Å². The largest absolute Gasteiger partial charge is 0.496 e. The Bertz CT molecular complexity index is 363. The zero-order valence-corrected chi connectivity index (χ0v) is 11.5. The van der Waals surface area contributed by atoms with Gasteiger partial charge in [0.2, 0.25) is 0 Å². The van der Waals surface area contributed by atoms with E-state index in [4.69, 9.17) is 9.47 Å². The molecule has 3 heteroatoms. The maximum atomic E-state index is 5.49. The van der Waals surface area contributed by atoms with Gasteiger partial charge in [0.1, 0.15) is 11.5 Å². The van der Waals surface area contributed by atoms with E-state index in [-0.39, 0.29) is 0 Å². The van der Waals surface area contributed by atoms with Crippen molar-refractivity contribution >= 4 is 0 Å². The molecule has 96 valence electrons. The lowest BCUT2D eigenvalue weighted by atomic mass is 10.1. The first-order valence-corrected chi connectivity index (χ1v) is 6.03. The zero-order chi connectivity index (χ0) is 12.8. The first kappa shape index (κ1) is 13.8. The van der Waals surface area contributed by atoms with Crippen molar-refractivity contribution in [2.24, 2.45) is 0 Å². The van der Waals surface area contributed by atoms with Crippen LogP contribution in [0.3, 0.4) is 0 Å². The number of hydrogen-bond acceptors (Lipinski definition) is 3. The fourth-order valence-electron chi connectivity index (χ4n) is 1.90. The van der Waals surface area contributed by atoms with Gasteiger partial charge in [-0.3, -0.25) is 0 Å². The van der Waals surface area contributed by atoms with E-state index in [0.29, 0.717) is 0 Å². The number of ether oxygens (including phenoxy) is 2. The van der Waals surface area contributed by atoms with Crippen molar-refractivity contribution in [2.45, 2.75) is 20.3 Å². The third kappa shape index (κ3) is 3.37. The van der Waals surface area contributed by atoms with Crippen molar-refractivity contribution in [1.82, 2.24) is 4.90 Å². The molecule has 0 aliphatic carbocycles. The molecule has 0 aliphatic rings. The predicted molar refractivity (Wildman–Crippen MR) is 71.2 cm³/mol. The fraction of sp³-hybridized carbons (Fsp3) is 0.571. The fourth-order valence-corrected chi connectivity index (χ4v) is 1.90. The van der Waals surface area contributed by atoms with Crippen LogP contribution in [0, 0.1) is 6.92 Å². The molecule has 0 bridgehead atoms. The molecule has 0 amide bonds. The number of hydrogen-bond donors (Lipinski definition) is 0. The van der Waals surface area contributed by atoms with E-state index in [9.17, 15) is 0 Å². The van der Waals surface area contributed by atoms with Crippen LogP contribution in [0.4, 0.5) is 0 Å². The molecule has 17 heavy (non-hydrogen) atoms. The van der Waals surface area contributed by atoms with Gasteiger partial charge in [-0.05, 0) is 38.6 Å². The molecule has 0 saturated carbocycles. The Labute approximate surface area is 104 Å². The first-order chi connectivity index (χ1) is 8.13. The highest BCUT2D eigenvalue weighted by molar-refractivity contribution is 5.49. The highest BCUT2D eigenvalue weighted by Gasteiger charge is 2.11. The maximum Gasteiger partial charge on any atom is 0.128 e. The molecular weight excluding hydrogens is 214 g/mol. The van der Waals surface area contributed by atoms with Crippen LogP contribution in [0.5, 0.6) is 11.5 Å². The van der Waals surface area contributed by atoms with Gasteiger partial charge < -0.3 is 14.4 Å². The SMILES string of the molecule is CCN(C)CCc1ccc(OC)c(C)c1OC. The molecule has 0 aromatic heterocycles. The normalized spacial score (nSPS) is 10.7. The quantitative estimate of drug-likeness (QED) is 0.759. The van der Waals surface area contributed by atoms with Crippen molar-refractivity contribution < 1.29 is 9.47 Å². The van der Waals surface area contributed by atoms with Crippen LogP contribution < -0.4 is 9.47 Å². The summed E-state index contributed by atoms with van der Waals surface area (Å²) >= 11 is 0. The van der Waals surface area contributed by atoms with Crippen molar-refractivity contribution in [2.75, 3.05) is 34.4 Å². The van der Waals surface area contributed by atoms with Crippen LogP contribution >= 0.6 is 0 Å². The Kier molecular flexibility index (Phi) is 5.29. The molecule has 0 aliphatic heterocycles. The summed E-state index contributed by atoms with van der Waals surface area (Å²) in [4.78, 5) is 2.29. The molecule has 1 aromatic rings. The Balaban J connectivity index is 2.88. The molecule has 3 nitrogen and oxygen atoms in total. The lowest BCUT2D eigenvalue weighted by Crippen LogP contribution is -2.20. The van der Waals surface area contributed by atoms with Crippen LogP contribution in [-0.4, -0.2) is 39.3 Å². The number of benzene rings is 1. The molecule has 0 N–H and O–H groups in total. The summed E-state index contributed by atoms with van der Waals surface area (Å²) in [5, 5.41) is 0. The topological polar surface area (TPSA) is 21.7 Å². The van der Waals surface area contributed by atoms with Crippen molar-refractivity contribution in [1.29, 1.82) is 0 Å². The second-order valence-corrected chi connectivity index (χ2v) is 4.23. The van der Waals surface area contributed by atoms with Gasteiger partial charge in [-0.2, -0.15) is 0 Å². The minimum Gasteiger partial charge on any atom is -0.496 e. The molecule has 1 rings (SSSR count). The van der Waals surface area contributed by atoms with E-state index >= 15 is 0 Å². The Morgan fingerprint density at radius 3 is 2.41 bits per heavy atom. The molecule has 0 radical (unpaired) electrons. The number of nitrogens with zero attached hydrogens (tertiary/aromatic N) is 1. The van der Waals surface area contributed by atoms with Crippen molar-refractivity contribution in [3.8, 4) is 11.5 Å². The van der Waals surface area contributed by atoms with Crippen LogP contribution in [0.1, 0.15) is 18.1 Å². The van der Waals surface area contributed by atoms with Gasteiger partial charge in [0.05, 0.1) is 14.2 Å². The molecule has 0 heterocycles. The lowest BCUT2D eigenvalue weighted by Gasteiger charge is -2.17. The second kappa shape index (κ2) is 6.50. The maximum absolute atomic E-state index is 5.49. The van der Waals surface area contributed by atoms with E-state index in [1.54, 1.807) is 14.2 Å². The van der Waals surface area contributed by atoms with E-state index < -0.39 is 0 Å². The summed E-state index contributed by atoms with van der Waals surface area (Å²) < 4.78 is 10.8. The minimum absolute atomic E-state index is 0.884. The van der Waals surface area contributed by atoms with Crippen LogP contribution in [0.2, 0.25) is 0 Å². The minimum atomic E-state index is 0.884. The smallest absolute Gasteiger partial charge is 0.128 e. The average molecular weight is 237 g/mol. The van der Waals surface area contributed by atoms with Crippen molar-refractivity contribution in [3.05, 3.63) is 23.3 Å². The third-order valence-electron chi connectivity index (χ3n) is 3.16. The van der Waals surface area contributed by atoms with Crippen LogP contribution in [0.15, 0.2) is 12.1 Å². The Morgan fingerprint density at radius 2 is 1.88 bits per heavy atom. The van der Waals surface area contributed by atoms with E-state index in [0.717, 1.165) is 36.6 Å². The monoisotopic (exact) mass is 237 g/mol. The summed E-state index contributed by atoms with van der Waals surface area (Å²) in [6, 6.07) is 4.10. The van der Waals surface area contributed by atoms with Gasteiger partial charge in [0, 0.05) is 12.1 Å². The molecule has 0 atom stereocenters. The summed E-state index contributed by atoms with van der Waals surface area (Å²) in [7, 11) is 5.53. The summed E-state index contributed by atoms with van der Waals surface area (Å²) in [6.07, 6.45) is 0.998. The van der Waals surface area contributed by atoms with Crippen LogP contribution in [-0.2, 0) is 6.42 Å². The molecular formula is C14H23NO2. The van der Waals surface area contributed by atoms with E-state index in [1.165, 1.54) is 5.56 Å². The highest BCUT2D eigenvalue weighted by Crippen LogP contribution is 2.31. The number of likely N-dealkylation sites (N-methyl/N-ethyl adjacent to an activating group) is 1. The molecule has 0 saturated heterocycles. The highest BCUT2D eigenvalue weighted by atomic mass is 16.5. The van der Waals surface area contributed by atoms with Gasteiger partial charge in [-0.15, -0.1) is 0 Å². The predicted octanol–water partition coefficient (Wildman–Crippen LogP) is 2.51. The van der Waals surface area contributed by atoms with Gasteiger partial charge in [-0.25, -0.2) is 0 Å². The summed E-state index contributed by atoms with van der Waals surface area (Å²) in [6.45, 7) is 6.30.